The van der Waals surface area contributed by atoms with Gasteiger partial charge in [0.05, 0.1) is 0 Å². The van der Waals surface area contributed by atoms with Crippen molar-refractivity contribution < 1.29 is 10.2 Å². The number of aromatic hydroxyl groups is 2. The zero-order valence-electron chi connectivity index (χ0n) is 11.5. The first-order chi connectivity index (χ1) is 9.13. The van der Waals surface area contributed by atoms with E-state index in [1.54, 1.807) is 12.1 Å². The van der Waals surface area contributed by atoms with E-state index in [0.29, 0.717) is 17.9 Å². The predicted octanol–water partition coefficient (Wildman–Crippen LogP) is 3.81. The van der Waals surface area contributed by atoms with Crippen LogP contribution in [0.15, 0.2) is 36.4 Å². The second kappa shape index (κ2) is 5.79. The lowest BCUT2D eigenvalue weighted by Crippen LogP contribution is -1.93. The summed E-state index contributed by atoms with van der Waals surface area (Å²) in [6.07, 6.45) is 2.43. The average Bonchev–Trinajstić information content (AvgIpc) is 2.43. The Hall–Kier alpha value is -1.96. The van der Waals surface area contributed by atoms with Gasteiger partial charge in [-0.15, -0.1) is 0 Å². The van der Waals surface area contributed by atoms with E-state index < -0.39 is 0 Å². The second-order valence-corrected chi connectivity index (χ2v) is 4.81. The van der Waals surface area contributed by atoms with Crippen LogP contribution in [0.3, 0.4) is 0 Å². The number of hydrogen-bond acceptors (Lipinski definition) is 2. The minimum Gasteiger partial charge on any atom is -0.508 e. The smallest absolute Gasteiger partial charge is 0.119 e. The largest absolute Gasteiger partial charge is 0.508 e. The first kappa shape index (κ1) is 13.5. The fourth-order valence-corrected chi connectivity index (χ4v) is 2.21. The van der Waals surface area contributed by atoms with Crippen molar-refractivity contribution in [3.63, 3.8) is 0 Å². The van der Waals surface area contributed by atoms with Crippen molar-refractivity contribution in [3.8, 4) is 11.5 Å². The molecule has 0 heterocycles. The maximum Gasteiger partial charge on any atom is 0.119 e. The Morgan fingerprint density at radius 1 is 0.737 bits per heavy atom. The molecule has 2 heteroatoms. The van der Waals surface area contributed by atoms with Crippen LogP contribution >= 0.6 is 0 Å². The van der Waals surface area contributed by atoms with Gasteiger partial charge in [0.25, 0.3) is 0 Å². The Kier molecular flexibility index (Phi) is 4.10. The molecule has 0 atom stereocenters. The Bertz CT molecular complexity index is 522. The summed E-state index contributed by atoms with van der Waals surface area (Å²) < 4.78 is 0. The number of benzene rings is 2. The summed E-state index contributed by atoms with van der Waals surface area (Å²) in [5.74, 6) is 0.581. The molecular formula is C17H20O2. The molecule has 2 rings (SSSR count). The van der Waals surface area contributed by atoms with Crippen molar-refractivity contribution in [2.45, 2.75) is 33.1 Å². The Labute approximate surface area is 114 Å². The lowest BCUT2D eigenvalue weighted by molar-refractivity contribution is 0.462. The number of phenolic OH excluding ortho intramolecular Hbond substituents is 2. The summed E-state index contributed by atoms with van der Waals surface area (Å²) in [5, 5.41) is 19.9. The molecule has 0 aliphatic heterocycles. The molecule has 0 saturated carbocycles. The molecule has 19 heavy (non-hydrogen) atoms. The second-order valence-electron chi connectivity index (χ2n) is 4.81. The number of aryl methyl sites for hydroxylation is 2. The topological polar surface area (TPSA) is 40.5 Å². The van der Waals surface area contributed by atoms with Crippen molar-refractivity contribution in [3.05, 3.63) is 58.7 Å². The van der Waals surface area contributed by atoms with E-state index in [1.165, 1.54) is 11.1 Å². The van der Waals surface area contributed by atoms with Crippen LogP contribution in [-0.4, -0.2) is 10.2 Å². The maximum absolute atomic E-state index is 9.93. The van der Waals surface area contributed by atoms with Gasteiger partial charge in [-0.1, -0.05) is 38.1 Å². The first-order valence-corrected chi connectivity index (χ1v) is 6.75. The molecule has 0 aromatic heterocycles. The molecule has 0 aliphatic rings. The number of rotatable bonds is 4. The fourth-order valence-electron chi connectivity index (χ4n) is 2.21. The van der Waals surface area contributed by atoms with Gasteiger partial charge in [-0.25, -0.2) is 0 Å². The maximum atomic E-state index is 9.93. The van der Waals surface area contributed by atoms with Crippen LogP contribution in [0.2, 0.25) is 0 Å². The molecular weight excluding hydrogens is 236 g/mol. The van der Waals surface area contributed by atoms with Crippen LogP contribution < -0.4 is 0 Å². The summed E-state index contributed by atoms with van der Waals surface area (Å²) in [6, 6.07) is 11.3. The van der Waals surface area contributed by atoms with Gasteiger partial charge in [0.2, 0.25) is 0 Å². The normalized spacial score (nSPS) is 10.6. The lowest BCUT2D eigenvalue weighted by Gasteiger charge is -2.10. The van der Waals surface area contributed by atoms with E-state index in [4.69, 9.17) is 0 Å². The standard InChI is InChI=1S/C17H20O2/c1-3-12-5-7-16(18)14(9-12)11-15-10-13(4-2)6-8-17(15)19/h5-10,18-19H,3-4,11H2,1-2H3. The fraction of sp³-hybridized carbons (Fsp3) is 0.294. The van der Waals surface area contributed by atoms with Crippen LogP contribution in [0.25, 0.3) is 0 Å². The van der Waals surface area contributed by atoms with Gasteiger partial charge in [-0.3, -0.25) is 0 Å². The minimum absolute atomic E-state index is 0.290. The molecule has 0 saturated heterocycles. The predicted molar refractivity (Wildman–Crippen MR) is 77.8 cm³/mol. The number of phenols is 2. The van der Waals surface area contributed by atoms with Gasteiger partial charge in [-0.05, 0) is 47.2 Å². The third-order valence-electron chi connectivity index (χ3n) is 3.49. The molecule has 0 bridgehead atoms. The molecule has 100 valence electrons. The van der Waals surface area contributed by atoms with E-state index in [2.05, 4.69) is 13.8 Å². The summed E-state index contributed by atoms with van der Waals surface area (Å²) in [5.41, 5.74) is 4.11. The Morgan fingerprint density at radius 3 is 1.53 bits per heavy atom. The van der Waals surface area contributed by atoms with Crippen molar-refractivity contribution in [2.75, 3.05) is 0 Å². The monoisotopic (exact) mass is 256 g/mol. The lowest BCUT2D eigenvalue weighted by atomic mass is 9.98. The molecule has 2 N–H and O–H groups in total. The third kappa shape index (κ3) is 3.08. The van der Waals surface area contributed by atoms with E-state index in [0.717, 1.165) is 24.0 Å². The van der Waals surface area contributed by atoms with Crippen LogP contribution in [0.4, 0.5) is 0 Å². The van der Waals surface area contributed by atoms with Crippen LogP contribution in [0, 0.1) is 0 Å². The first-order valence-electron chi connectivity index (χ1n) is 6.75. The van der Waals surface area contributed by atoms with Gasteiger partial charge >= 0.3 is 0 Å². The molecule has 0 amide bonds. The van der Waals surface area contributed by atoms with E-state index in [1.807, 2.05) is 24.3 Å². The zero-order chi connectivity index (χ0) is 13.8. The zero-order valence-corrected chi connectivity index (χ0v) is 11.5. The van der Waals surface area contributed by atoms with Gasteiger partial charge < -0.3 is 10.2 Å². The average molecular weight is 256 g/mol. The van der Waals surface area contributed by atoms with Crippen molar-refractivity contribution in [1.82, 2.24) is 0 Å². The van der Waals surface area contributed by atoms with E-state index >= 15 is 0 Å². The SMILES string of the molecule is CCc1ccc(O)c(Cc2cc(CC)ccc2O)c1. The molecule has 0 spiro atoms. The highest BCUT2D eigenvalue weighted by Gasteiger charge is 2.08. The molecule has 2 aromatic carbocycles. The summed E-state index contributed by atoms with van der Waals surface area (Å²) >= 11 is 0. The highest BCUT2D eigenvalue weighted by Crippen LogP contribution is 2.27. The molecule has 2 nitrogen and oxygen atoms in total. The molecule has 0 unspecified atom stereocenters. The third-order valence-corrected chi connectivity index (χ3v) is 3.49. The van der Waals surface area contributed by atoms with Crippen molar-refractivity contribution in [1.29, 1.82) is 0 Å². The molecule has 0 aliphatic carbocycles. The Morgan fingerprint density at radius 2 is 1.16 bits per heavy atom. The van der Waals surface area contributed by atoms with Gasteiger partial charge in [0.1, 0.15) is 11.5 Å². The van der Waals surface area contributed by atoms with Gasteiger partial charge in [0, 0.05) is 6.42 Å². The van der Waals surface area contributed by atoms with Crippen LogP contribution in [0.5, 0.6) is 11.5 Å². The van der Waals surface area contributed by atoms with Crippen molar-refractivity contribution >= 4 is 0 Å². The summed E-state index contributed by atoms with van der Waals surface area (Å²) in [4.78, 5) is 0. The highest BCUT2D eigenvalue weighted by atomic mass is 16.3. The van der Waals surface area contributed by atoms with Gasteiger partial charge in [-0.2, -0.15) is 0 Å². The Balaban J connectivity index is 2.35. The highest BCUT2D eigenvalue weighted by molar-refractivity contribution is 5.44. The summed E-state index contributed by atoms with van der Waals surface area (Å²) in [6.45, 7) is 4.18. The summed E-state index contributed by atoms with van der Waals surface area (Å²) in [7, 11) is 0. The van der Waals surface area contributed by atoms with Crippen LogP contribution in [-0.2, 0) is 19.3 Å². The van der Waals surface area contributed by atoms with E-state index in [9.17, 15) is 10.2 Å². The molecule has 0 fully saturated rings. The molecule has 0 radical (unpaired) electrons. The van der Waals surface area contributed by atoms with Crippen molar-refractivity contribution in [2.24, 2.45) is 0 Å². The van der Waals surface area contributed by atoms with E-state index in [-0.39, 0.29) is 0 Å². The quantitative estimate of drug-likeness (QED) is 0.873. The van der Waals surface area contributed by atoms with Gasteiger partial charge in [0.15, 0.2) is 0 Å². The number of hydrogen-bond donors (Lipinski definition) is 2. The minimum atomic E-state index is 0.290. The van der Waals surface area contributed by atoms with Crippen LogP contribution in [0.1, 0.15) is 36.1 Å². The molecule has 2 aromatic rings.